The van der Waals surface area contributed by atoms with E-state index in [-0.39, 0.29) is 17.9 Å². The van der Waals surface area contributed by atoms with Gasteiger partial charge in [0.2, 0.25) is 11.8 Å². The van der Waals surface area contributed by atoms with Gasteiger partial charge in [-0.1, -0.05) is 61.7 Å². The van der Waals surface area contributed by atoms with Crippen LogP contribution < -0.4 is 9.62 Å². The molecule has 0 aromatic heterocycles. The predicted molar refractivity (Wildman–Crippen MR) is 161 cm³/mol. The van der Waals surface area contributed by atoms with Crippen LogP contribution >= 0.6 is 11.6 Å². The minimum atomic E-state index is -4.91. The summed E-state index contributed by atoms with van der Waals surface area (Å²) in [7, 11) is -4.60. The van der Waals surface area contributed by atoms with Gasteiger partial charge < -0.3 is 10.2 Å². The van der Waals surface area contributed by atoms with Crippen LogP contribution in [-0.2, 0) is 32.3 Å². The maximum absolute atomic E-state index is 14.0. The number of hydrogen-bond donors (Lipinski definition) is 1. The van der Waals surface area contributed by atoms with Crippen molar-refractivity contribution in [3.63, 3.8) is 0 Å². The summed E-state index contributed by atoms with van der Waals surface area (Å²) in [5.74, 6) is -1.85. The van der Waals surface area contributed by atoms with Crippen molar-refractivity contribution in [2.45, 2.75) is 63.7 Å². The Bertz CT molecular complexity index is 1550. The minimum absolute atomic E-state index is 0.148. The highest BCUT2D eigenvalue weighted by Crippen LogP contribution is 2.38. The van der Waals surface area contributed by atoms with E-state index in [0.717, 1.165) is 29.0 Å². The lowest BCUT2D eigenvalue weighted by molar-refractivity contribution is -0.140. The van der Waals surface area contributed by atoms with E-state index in [2.05, 4.69) is 5.32 Å². The van der Waals surface area contributed by atoms with Crippen LogP contribution in [0.1, 0.15) is 49.8 Å². The van der Waals surface area contributed by atoms with Gasteiger partial charge in [-0.15, -0.1) is 0 Å². The van der Waals surface area contributed by atoms with Gasteiger partial charge in [0.1, 0.15) is 18.4 Å². The molecule has 0 saturated carbocycles. The number of amides is 2. The number of carbonyl (C=O) groups excluding carboxylic acids is 2. The van der Waals surface area contributed by atoms with Gasteiger partial charge in [-0.3, -0.25) is 13.9 Å². The Morgan fingerprint density at radius 1 is 0.977 bits per heavy atom. The third kappa shape index (κ3) is 8.72. The summed E-state index contributed by atoms with van der Waals surface area (Å²) in [6.07, 6.45) is -3.26. The molecule has 0 saturated heterocycles. The van der Waals surface area contributed by atoms with Crippen LogP contribution in [-0.4, -0.2) is 44.3 Å². The van der Waals surface area contributed by atoms with Crippen molar-refractivity contribution in [3.8, 4) is 0 Å². The molecule has 0 spiro atoms. The number of sulfonamides is 1. The molecule has 0 bridgehead atoms. The van der Waals surface area contributed by atoms with Crippen molar-refractivity contribution in [3.05, 3.63) is 94.3 Å². The smallest absolute Gasteiger partial charge is 0.354 e. The van der Waals surface area contributed by atoms with Gasteiger partial charge >= 0.3 is 6.18 Å². The molecule has 238 valence electrons. The van der Waals surface area contributed by atoms with Crippen molar-refractivity contribution in [1.29, 1.82) is 0 Å². The van der Waals surface area contributed by atoms with Gasteiger partial charge in [-0.2, -0.15) is 13.2 Å². The number of aryl methyl sites for hydroxylation is 1. The first-order valence-corrected chi connectivity index (χ1v) is 15.8. The van der Waals surface area contributed by atoms with E-state index in [4.69, 9.17) is 11.6 Å². The van der Waals surface area contributed by atoms with Crippen molar-refractivity contribution >= 4 is 39.1 Å². The molecule has 13 heteroatoms. The molecule has 1 atom stereocenters. The van der Waals surface area contributed by atoms with Crippen LogP contribution in [0.25, 0.3) is 0 Å². The van der Waals surface area contributed by atoms with Gasteiger partial charge in [0.05, 0.1) is 21.2 Å². The maximum Gasteiger partial charge on any atom is 0.417 e. The van der Waals surface area contributed by atoms with Crippen molar-refractivity contribution in [1.82, 2.24) is 10.2 Å². The van der Waals surface area contributed by atoms with Gasteiger partial charge in [0, 0.05) is 13.1 Å². The molecule has 1 N–H and O–H groups in total. The monoisotopic (exact) mass is 655 g/mol. The molecule has 0 heterocycles. The molecule has 2 amide bonds. The Balaban J connectivity index is 2.12. The van der Waals surface area contributed by atoms with E-state index >= 15 is 0 Å². The van der Waals surface area contributed by atoms with E-state index in [1.165, 1.54) is 48.5 Å². The highest BCUT2D eigenvalue weighted by atomic mass is 35.5. The van der Waals surface area contributed by atoms with E-state index in [0.29, 0.717) is 28.9 Å². The number of rotatable bonds is 13. The topological polar surface area (TPSA) is 86.8 Å². The third-order valence-electron chi connectivity index (χ3n) is 6.91. The Labute approximate surface area is 259 Å². The molecule has 0 unspecified atom stereocenters. The molecule has 3 aromatic carbocycles. The standard InChI is InChI=1S/C31H34ClF4N3O4S/c1-4-6-17-37-30(41)28(5-2)38(19-22-9-11-23(33)12-10-22)29(40)20-39(44(42,43)25-14-7-21(3)8-15-25)24-13-16-27(32)26(18-24)31(34,35)36/h7-16,18,28H,4-6,17,19-20H2,1-3H3,(H,37,41)/t28-/m0/s1. The Morgan fingerprint density at radius 3 is 2.18 bits per heavy atom. The van der Waals surface area contributed by atoms with Gasteiger partial charge in [-0.25, -0.2) is 12.8 Å². The fourth-order valence-electron chi connectivity index (χ4n) is 4.46. The number of unbranched alkanes of at least 4 members (excludes halogenated alkanes) is 1. The molecular formula is C31H34ClF4N3O4S. The number of alkyl halides is 3. The summed E-state index contributed by atoms with van der Waals surface area (Å²) in [6.45, 7) is 4.57. The second-order valence-corrected chi connectivity index (χ2v) is 12.5. The highest BCUT2D eigenvalue weighted by Gasteiger charge is 2.37. The summed E-state index contributed by atoms with van der Waals surface area (Å²) < 4.78 is 83.4. The number of benzene rings is 3. The Hall–Kier alpha value is -3.64. The van der Waals surface area contributed by atoms with Crippen LogP contribution in [0.15, 0.2) is 71.6 Å². The zero-order valence-electron chi connectivity index (χ0n) is 24.5. The Morgan fingerprint density at radius 2 is 1.61 bits per heavy atom. The summed E-state index contributed by atoms with van der Waals surface area (Å²) >= 11 is 5.80. The lowest BCUT2D eigenvalue weighted by atomic mass is 10.1. The quantitative estimate of drug-likeness (QED) is 0.164. The summed E-state index contributed by atoms with van der Waals surface area (Å²) in [6, 6.07) is 12.3. The number of nitrogens with one attached hydrogen (secondary N) is 1. The SMILES string of the molecule is CCCCNC(=O)[C@H](CC)N(Cc1ccc(F)cc1)C(=O)CN(c1ccc(Cl)c(C(F)(F)F)c1)S(=O)(=O)c1ccc(C)cc1. The predicted octanol–water partition coefficient (Wildman–Crippen LogP) is 6.73. The van der Waals surface area contributed by atoms with E-state index in [1.807, 2.05) is 6.92 Å². The zero-order chi connectivity index (χ0) is 32.7. The van der Waals surface area contributed by atoms with Crippen LogP contribution in [0.5, 0.6) is 0 Å². The van der Waals surface area contributed by atoms with Gasteiger partial charge in [0.15, 0.2) is 0 Å². The molecule has 44 heavy (non-hydrogen) atoms. The number of hydrogen-bond acceptors (Lipinski definition) is 4. The fourth-order valence-corrected chi connectivity index (χ4v) is 6.09. The first kappa shape index (κ1) is 34.8. The highest BCUT2D eigenvalue weighted by molar-refractivity contribution is 7.92. The second-order valence-electron chi connectivity index (χ2n) is 10.2. The van der Waals surface area contributed by atoms with Crippen molar-refractivity contribution < 1.29 is 35.6 Å². The molecule has 3 aromatic rings. The van der Waals surface area contributed by atoms with Crippen LogP contribution in [0.2, 0.25) is 5.02 Å². The summed E-state index contributed by atoms with van der Waals surface area (Å²) in [5.41, 5.74) is -0.530. The Kier molecular flexibility index (Phi) is 11.8. The molecule has 0 aliphatic rings. The average molecular weight is 656 g/mol. The van der Waals surface area contributed by atoms with Crippen molar-refractivity contribution in [2.24, 2.45) is 0 Å². The van der Waals surface area contributed by atoms with Gasteiger partial charge in [0.25, 0.3) is 10.0 Å². The molecule has 0 aliphatic heterocycles. The normalized spacial score (nSPS) is 12.5. The lowest BCUT2D eigenvalue weighted by Crippen LogP contribution is -2.52. The van der Waals surface area contributed by atoms with Gasteiger partial charge in [-0.05, 0) is 67.8 Å². The summed E-state index contributed by atoms with van der Waals surface area (Å²) in [5, 5.41) is 2.13. The van der Waals surface area contributed by atoms with E-state index in [1.54, 1.807) is 13.8 Å². The molecule has 7 nitrogen and oxygen atoms in total. The first-order chi connectivity index (χ1) is 20.7. The van der Waals surface area contributed by atoms with E-state index in [9.17, 15) is 35.6 Å². The van der Waals surface area contributed by atoms with Crippen LogP contribution in [0, 0.1) is 12.7 Å². The van der Waals surface area contributed by atoms with Crippen molar-refractivity contribution in [2.75, 3.05) is 17.4 Å². The minimum Gasteiger partial charge on any atom is -0.354 e. The maximum atomic E-state index is 14.0. The van der Waals surface area contributed by atoms with Crippen LogP contribution in [0.4, 0.5) is 23.2 Å². The van der Waals surface area contributed by atoms with Crippen LogP contribution in [0.3, 0.4) is 0 Å². The number of carbonyl (C=O) groups is 2. The molecule has 3 rings (SSSR count). The van der Waals surface area contributed by atoms with E-state index < -0.39 is 62.7 Å². The molecule has 0 radical (unpaired) electrons. The number of halogens is 5. The first-order valence-electron chi connectivity index (χ1n) is 14.0. The second kappa shape index (κ2) is 14.9. The molecular weight excluding hydrogens is 622 g/mol. The zero-order valence-corrected chi connectivity index (χ0v) is 26.1. The number of anilines is 1. The largest absolute Gasteiger partial charge is 0.417 e. The number of nitrogens with zero attached hydrogens (tertiary/aromatic N) is 2. The average Bonchev–Trinajstić information content (AvgIpc) is 2.96. The fraction of sp³-hybridized carbons (Fsp3) is 0.355. The molecule has 0 fully saturated rings. The summed E-state index contributed by atoms with van der Waals surface area (Å²) in [4.78, 5) is 28.1. The third-order valence-corrected chi connectivity index (χ3v) is 9.03. The lowest BCUT2D eigenvalue weighted by Gasteiger charge is -2.33. The molecule has 0 aliphatic carbocycles.